The van der Waals surface area contributed by atoms with Gasteiger partial charge in [0.1, 0.15) is 5.75 Å². The smallest absolute Gasteiger partial charge is 0.264 e. The number of carbonyl (C=O) groups is 1. The zero-order valence-corrected chi connectivity index (χ0v) is 13.6. The molecule has 0 saturated carbocycles. The molecule has 0 radical (unpaired) electrons. The van der Waals surface area contributed by atoms with E-state index in [1.165, 1.54) is 0 Å². The van der Waals surface area contributed by atoms with Gasteiger partial charge in [0.05, 0.1) is 5.69 Å². The molecule has 1 aromatic carbocycles. The zero-order chi connectivity index (χ0) is 16.4. The molecule has 2 aromatic rings. The predicted molar refractivity (Wildman–Crippen MR) is 90.7 cm³/mol. The minimum absolute atomic E-state index is 0.115. The van der Waals surface area contributed by atoms with Gasteiger partial charge in [-0.15, -0.1) is 0 Å². The van der Waals surface area contributed by atoms with Crippen molar-refractivity contribution in [3.05, 3.63) is 59.9 Å². The molecule has 5 heteroatoms. The Morgan fingerprint density at radius 2 is 1.88 bits per heavy atom. The highest BCUT2D eigenvalue weighted by Crippen LogP contribution is 2.29. The molecule has 3 heterocycles. The minimum Gasteiger partial charge on any atom is -0.480 e. The number of fused-ring (bicyclic) bond motifs is 1. The third-order valence-corrected chi connectivity index (χ3v) is 4.72. The number of carbonyl (C=O) groups excluding carboxylic acids is 1. The number of amides is 1. The normalized spacial score (nSPS) is 20.5. The highest BCUT2D eigenvalue weighted by molar-refractivity contribution is 5.82. The topological polar surface area (TPSA) is 45.7 Å². The van der Waals surface area contributed by atoms with E-state index in [1.807, 2.05) is 53.6 Å². The average molecular weight is 323 g/mol. The summed E-state index contributed by atoms with van der Waals surface area (Å²) in [7, 11) is 0. The first kappa shape index (κ1) is 15.1. The van der Waals surface area contributed by atoms with Crippen LogP contribution in [0.3, 0.4) is 0 Å². The van der Waals surface area contributed by atoms with E-state index in [0.29, 0.717) is 6.42 Å². The molecular weight excluding hydrogens is 302 g/mol. The van der Waals surface area contributed by atoms with Crippen LogP contribution in [0.4, 0.5) is 0 Å². The minimum atomic E-state index is -0.357. The van der Waals surface area contributed by atoms with Crippen molar-refractivity contribution < 1.29 is 9.53 Å². The van der Waals surface area contributed by atoms with Crippen molar-refractivity contribution in [3.63, 3.8) is 0 Å². The van der Waals surface area contributed by atoms with E-state index in [0.717, 1.165) is 49.7 Å². The van der Waals surface area contributed by atoms with Gasteiger partial charge in [-0.3, -0.25) is 14.7 Å². The summed E-state index contributed by atoms with van der Waals surface area (Å²) in [5.41, 5.74) is 2.21. The first-order valence-corrected chi connectivity index (χ1v) is 8.45. The van der Waals surface area contributed by atoms with E-state index in [1.54, 1.807) is 0 Å². The van der Waals surface area contributed by atoms with Crippen LogP contribution >= 0.6 is 0 Å². The Kier molecular flexibility index (Phi) is 4.17. The van der Waals surface area contributed by atoms with Gasteiger partial charge in [-0.05, 0) is 23.8 Å². The molecule has 1 saturated heterocycles. The molecule has 1 unspecified atom stereocenters. The number of aromatic nitrogens is 1. The summed E-state index contributed by atoms with van der Waals surface area (Å²) in [5, 5.41) is 0. The fourth-order valence-electron chi connectivity index (χ4n) is 3.37. The molecule has 1 aromatic heterocycles. The molecule has 24 heavy (non-hydrogen) atoms. The van der Waals surface area contributed by atoms with Gasteiger partial charge >= 0.3 is 0 Å². The average Bonchev–Trinajstić information content (AvgIpc) is 3.07. The predicted octanol–water partition coefficient (Wildman–Crippen LogP) is 1.73. The highest BCUT2D eigenvalue weighted by Gasteiger charge is 2.33. The lowest BCUT2D eigenvalue weighted by atomic mass is 10.1. The Morgan fingerprint density at radius 3 is 2.62 bits per heavy atom. The maximum Gasteiger partial charge on any atom is 0.264 e. The molecule has 4 rings (SSSR count). The first-order chi connectivity index (χ1) is 11.8. The molecule has 0 spiro atoms. The number of nitrogens with zero attached hydrogens (tertiary/aromatic N) is 3. The second-order valence-electron chi connectivity index (χ2n) is 6.34. The first-order valence-electron chi connectivity index (χ1n) is 8.45. The van der Waals surface area contributed by atoms with E-state index in [-0.39, 0.29) is 12.0 Å². The molecule has 0 N–H and O–H groups in total. The number of benzene rings is 1. The van der Waals surface area contributed by atoms with Crippen LogP contribution in [-0.4, -0.2) is 53.0 Å². The lowest BCUT2D eigenvalue weighted by Gasteiger charge is -2.35. The molecule has 1 amide bonds. The summed E-state index contributed by atoms with van der Waals surface area (Å²) < 4.78 is 5.83. The molecule has 2 aliphatic rings. The van der Waals surface area contributed by atoms with E-state index in [2.05, 4.69) is 9.88 Å². The van der Waals surface area contributed by atoms with Crippen molar-refractivity contribution >= 4 is 5.91 Å². The Balaban J connectivity index is 1.31. The number of pyridine rings is 1. The Bertz CT molecular complexity index is 687. The summed E-state index contributed by atoms with van der Waals surface area (Å²) >= 11 is 0. The van der Waals surface area contributed by atoms with Crippen LogP contribution in [0.1, 0.15) is 11.3 Å². The molecule has 0 aliphatic carbocycles. The van der Waals surface area contributed by atoms with Gasteiger partial charge < -0.3 is 9.64 Å². The largest absolute Gasteiger partial charge is 0.480 e. The molecule has 1 fully saturated rings. The molecule has 2 aliphatic heterocycles. The summed E-state index contributed by atoms with van der Waals surface area (Å²) in [4.78, 5) is 21.4. The van der Waals surface area contributed by atoms with Crippen LogP contribution in [0.5, 0.6) is 5.75 Å². The van der Waals surface area contributed by atoms with E-state index in [9.17, 15) is 4.79 Å². The monoisotopic (exact) mass is 323 g/mol. The Labute approximate surface area is 141 Å². The molecule has 0 bridgehead atoms. The van der Waals surface area contributed by atoms with Crippen molar-refractivity contribution in [2.24, 2.45) is 0 Å². The van der Waals surface area contributed by atoms with Crippen LogP contribution in [0.25, 0.3) is 0 Å². The van der Waals surface area contributed by atoms with Gasteiger partial charge in [0, 0.05) is 45.3 Å². The fourth-order valence-corrected chi connectivity index (χ4v) is 3.37. The van der Waals surface area contributed by atoms with Crippen LogP contribution in [-0.2, 0) is 17.8 Å². The van der Waals surface area contributed by atoms with Gasteiger partial charge in [-0.25, -0.2) is 0 Å². The maximum absolute atomic E-state index is 12.7. The summed E-state index contributed by atoms with van der Waals surface area (Å²) in [5.74, 6) is 0.966. The summed E-state index contributed by atoms with van der Waals surface area (Å²) in [6.45, 7) is 4.10. The summed E-state index contributed by atoms with van der Waals surface area (Å²) in [6.07, 6.45) is 2.15. The van der Waals surface area contributed by atoms with Gasteiger partial charge in [0.25, 0.3) is 5.91 Å². The van der Waals surface area contributed by atoms with Gasteiger partial charge in [-0.1, -0.05) is 24.3 Å². The van der Waals surface area contributed by atoms with Crippen LogP contribution < -0.4 is 4.74 Å². The second-order valence-corrected chi connectivity index (χ2v) is 6.34. The Morgan fingerprint density at radius 1 is 1.08 bits per heavy atom. The van der Waals surface area contributed by atoms with Gasteiger partial charge in [0.2, 0.25) is 0 Å². The zero-order valence-electron chi connectivity index (χ0n) is 13.6. The maximum atomic E-state index is 12.7. The van der Waals surface area contributed by atoms with Crippen LogP contribution in [0.15, 0.2) is 48.7 Å². The third-order valence-electron chi connectivity index (χ3n) is 4.72. The molecule has 5 nitrogen and oxygen atoms in total. The fraction of sp³-hybridized carbons (Fsp3) is 0.368. The number of piperazine rings is 1. The number of para-hydroxylation sites is 1. The van der Waals surface area contributed by atoms with Crippen molar-refractivity contribution in [2.45, 2.75) is 19.1 Å². The lowest BCUT2D eigenvalue weighted by Crippen LogP contribution is -2.52. The lowest BCUT2D eigenvalue weighted by molar-refractivity contribution is -0.139. The van der Waals surface area contributed by atoms with Crippen molar-refractivity contribution in [3.8, 4) is 5.75 Å². The van der Waals surface area contributed by atoms with E-state index >= 15 is 0 Å². The van der Waals surface area contributed by atoms with E-state index in [4.69, 9.17) is 4.74 Å². The molecule has 1 atom stereocenters. The van der Waals surface area contributed by atoms with E-state index < -0.39 is 0 Å². The van der Waals surface area contributed by atoms with Gasteiger partial charge in [0.15, 0.2) is 6.10 Å². The van der Waals surface area contributed by atoms with Gasteiger partial charge in [-0.2, -0.15) is 0 Å². The third kappa shape index (κ3) is 3.12. The molecular formula is C19H21N3O2. The van der Waals surface area contributed by atoms with Crippen molar-refractivity contribution in [1.29, 1.82) is 0 Å². The number of rotatable bonds is 3. The SMILES string of the molecule is O=C(C1Cc2ccccc2O1)N1CCN(Cc2ccccn2)CC1. The highest BCUT2D eigenvalue weighted by atomic mass is 16.5. The standard InChI is InChI=1S/C19H21N3O2/c23-19(18-13-15-5-1-2-7-17(15)24-18)22-11-9-21(10-12-22)14-16-6-3-4-8-20-16/h1-8,18H,9-14H2. The molecule has 124 valence electrons. The quantitative estimate of drug-likeness (QED) is 0.863. The van der Waals surface area contributed by atoms with Crippen LogP contribution in [0.2, 0.25) is 0 Å². The Hall–Kier alpha value is -2.40. The number of hydrogen-bond acceptors (Lipinski definition) is 4. The number of ether oxygens (including phenoxy) is 1. The van der Waals surface area contributed by atoms with Crippen LogP contribution in [0, 0.1) is 0 Å². The van der Waals surface area contributed by atoms with Crippen molar-refractivity contribution in [2.75, 3.05) is 26.2 Å². The second kappa shape index (κ2) is 6.61. The van der Waals surface area contributed by atoms with Crippen molar-refractivity contribution in [1.82, 2.24) is 14.8 Å². The summed E-state index contributed by atoms with van der Waals surface area (Å²) in [6, 6.07) is 13.9. The number of hydrogen-bond donors (Lipinski definition) is 0.